The van der Waals surface area contributed by atoms with Gasteiger partial charge in [0.05, 0.1) is 17.1 Å². The van der Waals surface area contributed by atoms with E-state index in [0.29, 0.717) is 6.04 Å². The zero-order valence-electron chi connectivity index (χ0n) is 20.6. The first-order valence-corrected chi connectivity index (χ1v) is 11.8. The molecule has 0 bridgehead atoms. The molecule has 0 unspecified atom stereocenters. The molecular formula is C27H37N5. The van der Waals surface area contributed by atoms with E-state index in [2.05, 4.69) is 78.5 Å². The molecule has 3 heterocycles. The van der Waals surface area contributed by atoms with Gasteiger partial charge < -0.3 is 9.80 Å². The van der Waals surface area contributed by atoms with E-state index in [1.54, 1.807) is 0 Å². The van der Waals surface area contributed by atoms with Crippen LogP contribution in [0.4, 0.5) is 0 Å². The summed E-state index contributed by atoms with van der Waals surface area (Å²) in [5.41, 5.74) is 9.32. The zero-order chi connectivity index (χ0) is 23.0. The van der Waals surface area contributed by atoms with E-state index in [0.717, 1.165) is 48.0 Å². The third-order valence-electron chi connectivity index (χ3n) is 7.14. The largest absolute Gasteiger partial charge is 0.367 e. The average Bonchev–Trinajstić information content (AvgIpc) is 2.72. The molecule has 1 atom stereocenters. The average molecular weight is 432 g/mol. The predicted octanol–water partition coefficient (Wildman–Crippen LogP) is 5.05. The Labute approximate surface area is 193 Å². The van der Waals surface area contributed by atoms with Crippen LogP contribution < -0.4 is 0 Å². The highest BCUT2D eigenvalue weighted by atomic mass is 15.3. The fraction of sp³-hybridized carbons (Fsp3) is 0.481. The fourth-order valence-electron chi connectivity index (χ4n) is 4.43. The molecule has 0 N–H and O–H groups in total. The lowest BCUT2D eigenvalue weighted by Crippen LogP contribution is -2.50. The molecule has 5 heteroatoms. The second-order valence-corrected chi connectivity index (χ2v) is 9.55. The zero-order valence-corrected chi connectivity index (χ0v) is 20.6. The summed E-state index contributed by atoms with van der Waals surface area (Å²) < 4.78 is 0. The molecule has 0 amide bonds. The van der Waals surface area contributed by atoms with Crippen molar-refractivity contribution in [2.24, 2.45) is 9.98 Å². The van der Waals surface area contributed by atoms with Crippen LogP contribution in [-0.2, 0) is 0 Å². The van der Waals surface area contributed by atoms with Crippen LogP contribution in [-0.4, -0.2) is 66.0 Å². The minimum absolute atomic E-state index is 0.553. The fourth-order valence-corrected chi connectivity index (χ4v) is 4.43. The van der Waals surface area contributed by atoms with Gasteiger partial charge in [-0.2, -0.15) is 0 Å². The van der Waals surface area contributed by atoms with Crippen molar-refractivity contribution in [1.82, 2.24) is 14.7 Å². The molecule has 0 radical (unpaired) electrons. The molecule has 0 aromatic rings. The Balaban J connectivity index is 1.72. The number of nitrogens with zero attached hydrogens (tertiary/aromatic N) is 5. The van der Waals surface area contributed by atoms with Gasteiger partial charge in [0.15, 0.2) is 0 Å². The van der Waals surface area contributed by atoms with E-state index in [-0.39, 0.29) is 0 Å². The maximum atomic E-state index is 5.09. The molecular weight excluding hydrogens is 394 g/mol. The molecule has 32 heavy (non-hydrogen) atoms. The molecule has 0 aromatic carbocycles. The first-order valence-electron chi connectivity index (χ1n) is 11.8. The Morgan fingerprint density at radius 3 is 2.56 bits per heavy atom. The summed E-state index contributed by atoms with van der Waals surface area (Å²) in [6, 6.07) is 0.553. The van der Waals surface area contributed by atoms with Gasteiger partial charge in [-0.3, -0.25) is 9.89 Å². The highest BCUT2D eigenvalue weighted by Gasteiger charge is 2.31. The second kappa shape index (κ2) is 9.07. The highest BCUT2D eigenvalue weighted by molar-refractivity contribution is 6.13. The van der Waals surface area contributed by atoms with Crippen molar-refractivity contribution >= 4 is 11.5 Å². The highest BCUT2D eigenvalue weighted by Crippen LogP contribution is 2.37. The maximum absolute atomic E-state index is 5.09. The van der Waals surface area contributed by atoms with E-state index < -0.39 is 0 Å². The lowest BCUT2D eigenvalue weighted by atomic mass is 9.88. The van der Waals surface area contributed by atoms with Gasteiger partial charge in [-0.05, 0) is 89.0 Å². The van der Waals surface area contributed by atoms with E-state index >= 15 is 0 Å². The van der Waals surface area contributed by atoms with E-state index in [9.17, 15) is 0 Å². The molecule has 1 aliphatic carbocycles. The van der Waals surface area contributed by atoms with E-state index in [1.165, 1.54) is 41.8 Å². The normalized spacial score (nSPS) is 25.0. The summed E-state index contributed by atoms with van der Waals surface area (Å²) in [5, 5.41) is 0. The number of likely N-dealkylation sites (N-methyl/N-ethyl adjacent to an activating group) is 1. The summed E-state index contributed by atoms with van der Waals surface area (Å²) in [6.07, 6.45) is 12.5. The summed E-state index contributed by atoms with van der Waals surface area (Å²) in [6.45, 7) is 15.9. The van der Waals surface area contributed by atoms with Gasteiger partial charge in [-0.1, -0.05) is 12.2 Å². The lowest BCUT2D eigenvalue weighted by Gasteiger charge is -2.42. The van der Waals surface area contributed by atoms with Crippen molar-refractivity contribution in [1.29, 1.82) is 0 Å². The molecule has 0 aromatic heterocycles. The van der Waals surface area contributed by atoms with Crippen LogP contribution in [0.15, 0.2) is 80.4 Å². The standard InChI is InChI=1S/C27H37N5/c1-18(2)19(3)14-24(28-6)25-15-26(22-9-8-10-22)32-17-23(13-20(4)27(32)29-25)31-12-11-30(7)21(5)16-31/h13-15,17,21H,1,8-12,16H2,2-7H3/b19-14+,28-24?/t21-/m0/s1. The van der Waals surface area contributed by atoms with Gasteiger partial charge in [-0.15, -0.1) is 0 Å². The van der Waals surface area contributed by atoms with Gasteiger partial charge in [0, 0.05) is 44.6 Å². The summed E-state index contributed by atoms with van der Waals surface area (Å²) in [4.78, 5) is 16.9. The van der Waals surface area contributed by atoms with E-state index in [1.807, 2.05) is 14.0 Å². The van der Waals surface area contributed by atoms with Crippen LogP contribution in [0.25, 0.3) is 0 Å². The smallest absolute Gasteiger partial charge is 0.140 e. The Kier molecular flexibility index (Phi) is 6.38. The number of hydrogen-bond acceptors (Lipinski definition) is 5. The van der Waals surface area contributed by atoms with Crippen molar-refractivity contribution in [3.63, 3.8) is 0 Å². The number of hydrogen-bond donors (Lipinski definition) is 0. The quantitative estimate of drug-likeness (QED) is 0.461. The third-order valence-corrected chi connectivity index (χ3v) is 7.14. The van der Waals surface area contributed by atoms with Crippen molar-refractivity contribution in [3.8, 4) is 0 Å². The Morgan fingerprint density at radius 1 is 1.22 bits per heavy atom. The van der Waals surface area contributed by atoms with Gasteiger partial charge in [0.1, 0.15) is 5.84 Å². The number of aliphatic imine (C=N–C) groups is 2. The van der Waals surface area contributed by atoms with E-state index in [4.69, 9.17) is 4.99 Å². The van der Waals surface area contributed by atoms with Crippen LogP contribution in [0.1, 0.15) is 47.0 Å². The molecule has 4 aliphatic rings. The van der Waals surface area contributed by atoms with Crippen LogP contribution in [0.2, 0.25) is 0 Å². The van der Waals surface area contributed by atoms with Crippen LogP contribution in [0.3, 0.4) is 0 Å². The van der Waals surface area contributed by atoms with Crippen LogP contribution in [0.5, 0.6) is 0 Å². The van der Waals surface area contributed by atoms with Crippen molar-refractivity contribution < 1.29 is 0 Å². The molecule has 1 saturated carbocycles. The first kappa shape index (κ1) is 22.5. The van der Waals surface area contributed by atoms with Crippen molar-refractivity contribution in [2.45, 2.75) is 53.0 Å². The summed E-state index contributed by atoms with van der Waals surface area (Å²) in [7, 11) is 4.06. The molecule has 2 fully saturated rings. The van der Waals surface area contributed by atoms with Crippen molar-refractivity contribution in [2.75, 3.05) is 33.7 Å². The Hall–Kier alpha value is -2.66. The molecule has 5 nitrogen and oxygen atoms in total. The van der Waals surface area contributed by atoms with Gasteiger partial charge >= 0.3 is 0 Å². The summed E-state index contributed by atoms with van der Waals surface area (Å²) in [5.74, 6) is 1.02. The number of rotatable bonds is 4. The number of amidine groups is 1. The first-order chi connectivity index (χ1) is 15.3. The number of piperazine rings is 1. The maximum Gasteiger partial charge on any atom is 0.140 e. The SMILES string of the molecule is C=C(C)/C(C)=C/C(=NC)C1=CC(=C2CCC2)N2C=C(N3CCN(C)[C@@H](C)C3)C=C(C)C2=N1. The monoisotopic (exact) mass is 431 g/mol. The Morgan fingerprint density at radius 2 is 1.97 bits per heavy atom. The van der Waals surface area contributed by atoms with Crippen LogP contribution in [0, 0.1) is 0 Å². The number of fused-ring (bicyclic) bond motifs is 1. The molecule has 1 saturated heterocycles. The number of allylic oxidation sites excluding steroid dienone is 6. The van der Waals surface area contributed by atoms with Crippen LogP contribution >= 0.6 is 0 Å². The van der Waals surface area contributed by atoms with Gasteiger partial charge in [0.2, 0.25) is 0 Å². The predicted molar refractivity (Wildman–Crippen MR) is 136 cm³/mol. The topological polar surface area (TPSA) is 34.4 Å². The molecule has 3 aliphatic heterocycles. The van der Waals surface area contributed by atoms with Crippen molar-refractivity contribution in [3.05, 3.63) is 70.4 Å². The second-order valence-electron chi connectivity index (χ2n) is 9.55. The van der Waals surface area contributed by atoms with Gasteiger partial charge in [-0.25, -0.2) is 4.99 Å². The molecule has 0 spiro atoms. The minimum atomic E-state index is 0.553. The summed E-state index contributed by atoms with van der Waals surface area (Å²) >= 11 is 0. The molecule has 4 rings (SSSR count). The third kappa shape index (κ3) is 4.31. The lowest BCUT2D eigenvalue weighted by molar-refractivity contribution is 0.132. The Bertz CT molecular complexity index is 1020. The minimum Gasteiger partial charge on any atom is -0.367 e. The molecule has 170 valence electrons. The van der Waals surface area contributed by atoms with Gasteiger partial charge in [0.25, 0.3) is 0 Å².